The summed E-state index contributed by atoms with van der Waals surface area (Å²) in [5.41, 5.74) is -0.200. The fourth-order valence-corrected chi connectivity index (χ4v) is 3.68. The lowest BCUT2D eigenvalue weighted by Crippen LogP contribution is -2.46. The number of hydrogen-bond donors (Lipinski definition) is 1. The number of ether oxygens (including phenoxy) is 2. The Kier molecular flexibility index (Phi) is 5.29. The van der Waals surface area contributed by atoms with Crippen LogP contribution < -0.4 is 14.8 Å². The van der Waals surface area contributed by atoms with Crippen molar-refractivity contribution in [3.8, 4) is 11.5 Å². The van der Waals surface area contributed by atoms with Crippen LogP contribution in [0, 0.1) is 0 Å². The number of carbonyl (C=O) groups excluding carboxylic acids is 2. The molecule has 26 heavy (non-hydrogen) atoms. The predicted octanol–water partition coefficient (Wildman–Crippen LogP) is 3.44. The molecule has 2 fully saturated rings. The number of benzene rings is 1. The Morgan fingerprint density at radius 3 is 2.46 bits per heavy atom. The lowest BCUT2D eigenvalue weighted by Gasteiger charge is -2.24. The Morgan fingerprint density at radius 1 is 1.15 bits per heavy atom. The molecule has 2 aliphatic rings. The van der Waals surface area contributed by atoms with Crippen molar-refractivity contribution in [3.05, 3.63) is 23.8 Å². The molecule has 1 heterocycles. The number of alkyl halides is 2. The maximum Gasteiger partial charge on any atom is 0.387 e. The molecule has 1 saturated carbocycles. The Bertz CT molecular complexity index is 688. The van der Waals surface area contributed by atoms with E-state index in [1.54, 1.807) is 6.07 Å². The molecular weight excluding hydrogens is 346 g/mol. The molecule has 1 saturated heterocycles. The molecule has 0 unspecified atom stereocenters. The maximum atomic E-state index is 12.9. The van der Waals surface area contributed by atoms with Gasteiger partial charge >= 0.3 is 12.6 Å². The van der Waals surface area contributed by atoms with Crippen molar-refractivity contribution >= 4 is 11.9 Å². The monoisotopic (exact) mass is 368 g/mol. The number of hydrogen-bond acceptors (Lipinski definition) is 4. The van der Waals surface area contributed by atoms with Gasteiger partial charge in [0.1, 0.15) is 5.54 Å². The van der Waals surface area contributed by atoms with Crippen LogP contribution in [0.4, 0.5) is 13.6 Å². The van der Waals surface area contributed by atoms with Crippen LogP contribution in [0.25, 0.3) is 0 Å². The zero-order valence-electron chi connectivity index (χ0n) is 14.6. The van der Waals surface area contributed by atoms with E-state index in [4.69, 9.17) is 4.74 Å². The highest BCUT2D eigenvalue weighted by atomic mass is 19.3. The number of methoxy groups -OCH3 is 1. The zero-order chi connectivity index (χ0) is 18.7. The van der Waals surface area contributed by atoms with Gasteiger partial charge in [-0.15, -0.1) is 0 Å². The van der Waals surface area contributed by atoms with Crippen molar-refractivity contribution in [2.75, 3.05) is 7.11 Å². The molecule has 3 amide bonds. The summed E-state index contributed by atoms with van der Waals surface area (Å²) in [7, 11) is 1.34. The second kappa shape index (κ2) is 7.47. The smallest absolute Gasteiger partial charge is 0.387 e. The van der Waals surface area contributed by atoms with E-state index >= 15 is 0 Å². The van der Waals surface area contributed by atoms with E-state index in [2.05, 4.69) is 10.1 Å². The molecule has 1 aliphatic carbocycles. The summed E-state index contributed by atoms with van der Waals surface area (Å²) in [5.74, 6) is -0.181. The molecule has 0 atom stereocenters. The summed E-state index contributed by atoms with van der Waals surface area (Å²) in [5, 5.41) is 2.88. The lowest BCUT2D eigenvalue weighted by atomic mass is 9.90. The average Bonchev–Trinajstić information content (AvgIpc) is 2.77. The standard InChI is InChI=1S/C18H22F2N2O4/c1-25-14-10-12(6-7-13(14)26-16(19)20)11-22-15(23)18(21-17(22)24)8-4-2-3-5-9-18/h6-7,10,16H,2-5,8-9,11H2,1H3,(H,21,24). The minimum atomic E-state index is -2.96. The van der Waals surface area contributed by atoms with Crippen molar-refractivity contribution in [1.82, 2.24) is 10.2 Å². The van der Waals surface area contributed by atoms with E-state index in [1.807, 2.05) is 0 Å². The summed E-state index contributed by atoms with van der Waals surface area (Å²) in [4.78, 5) is 26.5. The molecule has 3 rings (SSSR count). The van der Waals surface area contributed by atoms with Crippen molar-refractivity contribution in [2.24, 2.45) is 0 Å². The van der Waals surface area contributed by atoms with Gasteiger partial charge in [0.25, 0.3) is 5.91 Å². The molecule has 0 aromatic heterocycles. The lowest BCUT2D eigenvalue weighted by molar-refractivity contribution is -0.132. The van der Waals surface area contributed by atoms with Gasteiger partial charge in [-0.2, -0.15) is 8.78 Å². The van der Waals surface area contributed by atoms with E-state index < -0.39 is 18.2 Å². The Labute approximate surface area is 150 Å². The highest BCUT2D eigenvalue weighted by Gasteiger charge is 2.50. The van der Waals surface area contributed by atoms with Crippen LogP contribution >= 0.6 is 0 Å². The molecule has 142 valence electrons. The van der Waals surface area contributed by atoms with E-state index in [0.717, 1.165) is 25.7 Å². The molecule has 1 aromatic carbocycles. The molecule has 1 aliphatic heterocycles. The molecule has 0 bridgehead atoms. The Hall–Kier alpha value is -2.38. The van der Waals surface area contributed by atoms with Gasteiger partial charge in [-0.25, -0.2) is 4.79 Å². The van der Waals surface area contributed by atoms with Crippen LogP contribution in [0.1, 0.15) is 44.1 Å². The number of urea groups is 1. The van der Waals surface area contributed by atoms with Crippen LogP contribution in [0.5, 0.6) is 11.5 Å². The number of imide groups is 1. The highest BCUT2D eigenvalue weighted by molar-refractivity contribution is 6.07. The third-order valence-corrected chi connectivity index (χ3v) is 4.99. The van der Waals surface area contributed by atoms with E-state index in [1.165, 1.54) is 24.1 Å². The van der Waals surface area contributed by atoms with Crippen LogP contribution in [-0.2, 0) is 11.3 Å². The first-order chi connectivity index (χ1) is 12.4. The largest absolute Gasteiger partial charge is 0.493 e. The number of rotatable bonds is 5. The van der Waals surface area contributed by atoms with Gasteiger partial charge < -0.3 is 14.8 Å². The fourth-order valence-electron chi connectivity index (χ4n) is 3.68. The first kappa shape index (κ1) is 18.4. The molecule has 1 aromatic rings. The summed E-state index contributed by atoms with van der Waals surface area (Å²) in [6.07, 6.45) is 5.25. The van der Waals surface area contributed by atoms with Crippen molar-refractivity contribution in [1.29, 1.82) is 0 Å². The second-order valence-corrected chi connectivity index (χ2v) is 6.68. The van der Waals surface area contributed by atoms with E-state index in [9.17, 15) is 18.4 Å². The number of halogens is 2. The third kappa shape index (κ3) is 3.59. The minimum absolute atomic E-state index is 0.0533. The van der Waals surface area contributed by atoms with Crippen LogP contribution in [0.2, 0.25) is 0 Å². The number of nitrogens with zero attached hydrogens (tertiary/aromatic N) is 1. The molecule has 1 N–H and O–H groups in total. The fraction of sp³-hybridized carbons (Fsp3) is 0.556. The summed E-state index contributed by atoms with van der Waals surface area (Å²) in [6, 6.07) is 3.97. The second-order valence-electron chi connectivity index (χ2n) is 6.68. The SMILES string of the molecule is COc1cc(CN2C(=O)NC3(CCCCCC3)C2=O)ccc1OC(F)F. The maximum absolute atomic E-state index is 12.9. The van der Waals surface area contributed by atoms with Crippen LogP contribution in [0.15, 0.2) is 18.2 Å². The third-order valence-electron chi connectivity index (χ3n) is 4.99. The Balaban J connectivity index is 1.78. The summed E-state index contributed by atoms with van der Waals surface area (Å²) in [6.45, 7) is -2.91. The van der Waals surface area contributed by atoms with Crippen molar-refractivity contribution in [3.63, 3.8) is 0 Å². The topological polar surface area (TPSA) is 67.9 Å². The summed E-state index contributed by atoms with van der Waals surface area (Å²) < 4.78 is 34.3. The first-order valence-electron chi connectivity index (χ1n) is 8.71. The number of amides is 3. The molecule has 6 nitrogen and oxygen atoms in total. The van der Waals surface area contributed by atoms with Gasteiger partial charge in [-0.1, -0.05) is 31.7 Å². The molecule has 1 spiro atoms. The summed E-state index contributed by atoms with van der Waals surface area (Å²) >= 11 is 0. The first-order valence-corrected chi connectivity index (χ1v) is 8.71. The molecule has 8 heteroatoms. The van der Waals surface area contributed by atoms with Crippen LogP contribution in [-0.4, -0.2) is 36.1 Å². The van der Waals surface area contributed by atoms with Crippen LogP contribution in [0.3, 0.4) is 0 Å². The van der Waals surface area contributed by atoms with Gasteiger partial charge in [0.15, 0.2) is 11.5 Å². The minimum Gasteiger partial charge on any atom is -0.493 e. The van der Waals surface area contributed by atoms with E-state index in [-0.39, 0.29) is 24.0 Å². The predicted molar refractivity (Wildman–Crippen MR) is 89.1 cm³/mol. The zero-order valence-corrected chi connectivity index (χ0v) is 14.6. The number of carbonyl (C=O) groups is 2. The molecular formula is C18H22F2N2O4. The number of nitrogens with one attached hydrogen (secondary N) is 1. The van der Waals surface area contributed by atoms with Gasteiger partial charge in [-0.3, -0.25) is 9.69 Å². The van der Waals surface area contributed by atoms with Crippen molar-refractivity contribution < 1.29 is 27.8 Å². The van der Waals surface area contributed by atoms with Crippen molar-refractivity contribution in [2.45, 2.75) is 57.2 Å². The highest BCUT2D eigenvalue weighted by Crippen LogP contribution is 2.34. The van der Waals surface area contributed by atoms with Gasteiger partial charge in [0.05, 0.1) is 13.7 Å². The van der Waals surface area contributed by atoms with Gasteiger partial charge in [0, 0.05) is 0 Å². The normalized spacial score (nSPS) is 19.6. The molecule has 0 radical (unpaired) electrons. The Morgan fingerprint density at radius 2 is 1.85 bits per heavy atom. The van der Waals surface area contributed by atoms with Gasteiger partial charge in [0.2, 0.25) is 0 Å². The van der Waals surface area contributed by atoms with E-state index in [0.29, 0.717) is 18.4 Å². The average molecular weight is 368 g/mol. The quantitative estimate of drug-likeness (QED) is 0.809. The van der Waals surface area contributed by atoms with Gasteiger partial charge in [-0.05, 0) is 30.5 Å².